The molecule has 1 aliphatic rings. The van der Waals surface area contributed by atoms with Crippen molar-refractivity contribution in [3.63, 3.8) is 0 Å². The van der Waals surface area contributed by atoms with E-state index in [-0.39, 0.29) is 10.7 Å². The molecule has 0 bridgehead atoms. The number of hydrogen-bond donors (Lipinski definition) is 1. The highest BCUT2D eigenvalue weighted by molar-refractivity contribution is 7.92. The van der Waals surface area contributed by atoms with Crippen molar-refractivity contribution in [3.8, 4) is 5.75 Å². The molecule has 1 N–H and O–H groups in total. The maximum Gasteiger partial charge on any atom is 0.267 e. The van der Waals surface area contributed by atoms with Crippen molar-refractivity contribution in [2.24, 2.45) is 0 Å². The number of rotatable bonds is 4. The van der Waals surface area contributed by atoms with Crippen LogP contribution in [-0.2, 0) is 10.0 Å². The number of aromatic nitrogens is 1. The second-order valence-electron chi connectivity index (χ2n) is 6.30. The van der Waals surface area contributed by atoms with E-state index in [1.165, 1.54) is 18.3 Å². The van der Waals surface area contributed by atoms with Gasteiger partial charge in [0.05, 0.1) is 4.90 Å². The van der Waals surface area contributed by atoms with Crippen LogP contribution in [0.15, 0.2) is 77.8 Å². The van der Waals surface area contributed by atoms with Crippen LogP contribution in [-0.4, -0.2) is 24.7 Å². The van der Waals surface area contributed by atoms with E-state index in [1.54, 1.807) is 36.4 Å². The lowest BCUT2D eigenvalue weighted by Gasteiger charge is -2.25. The van der Waals surface area contributed by atoms with Gasteiger partial charge < -0.3 is 9.84 Å². The van der Waals surface area contributed by atoms with E-state index in [9.17, 15) is 13.5 Å². The second kappa shape index (κ2) is 6.68. The van der Waals surface area contributed by atoms with Crippen molar-refractivity contribution < 1.29 is 18.3 Å². The van der Waals surface area contributed by atoms with E-state index in [4.69, 9.17) is 4.74 Å². The highest BCUT2D eigenvalue weighted by Crippen LogP contribution is 2.42. The summed E-state index contributed by atoms with van der Waals surface area (Å²) in [7, 11) is -4.00. The zero-order valence-corrected chi connectivity index (χ0v) is 15.4. The number of aliphatic hydroxyl groups excluding tert-OH is 1. The fourth-order valence-corrected chi connectivity index (χ4v) is 4.56. The van der Waals surface area contributed by atoms with E-state index in [1.807, 2.05) is 25.1 Å². The van der Waals surface area contributed by atoms with E-state index in [0.29, 0.717) is 11.3 Å². The molecule has 2 atom stereocenters. The van der Waals surface area contributed by atoms with Crippen molar-refractivity contribution in [2.75, 3.05) is 4.31 Å². The molecule has 6 nitrogen and oxygen atoms in total. The molecule has 0 aliphatic carbocycles. The lowest BCUT2D eigenvalue weighted by Crippen LogP contribution is -2.40. The number of aryl methyl sites for hydroxylation is 1. The molecule has 0 saturated heterocycles. The van der Waals surface area contributed by atoms with Crippen LogP contribution in [0, 0.1) is 6.92 Å². The summed E-state index contributed by atoms with van der Waals surface area (Å²) in [6.45, 7) is 1.88. The molecule has 0 fully saturated rings. The first-order chi connectivity index (χ1) is 13.0. The molecular weight excluding hydrogens is 364 g/mol. The third-order valence-electron chi connectivity index (χ3n) is 4.43. The monoisotopic (exact) mass is 382 g/mol. The predicted octanol–water partition coefficient (Wildman–Crippen LogP) is 3.04. The van der Waals surface area contributed by atoms with Gasteiger partial charge in [-0.2, -0.15) is 0 Å². The molecule has 0 saturated carbocycles. The number of sulfonamides is 1. The fraction of sp³-hybridized carbons (Fsp3) is 0.150. The van der Waals surface area contributed by atoms with Crippen LogP contribution in [0.5, 0.6) is 5.75 Å². The van der Waals surface area contributed by atoms with Crippen LogP contribution < -0.4 is 9.04 Å². The molecule has 138 valence electrons. The van der Waals surface area contributed by atoms with Gasteiger partial charge in [-0.05, 0) is 43.3 Å². The van der Waals surface area contributed by atoms with E-state index < -0.39 is 22.4 Å². The van der Waals surface area contributed by atoms with Gasteiger partial charge in [0.15, 0.2) is 18.1 Å². The van der Waals surface area contributed by atoms with Crippen LogP contribution in [0.4, 0.5) is 5.82 Å². The molecule has 7 heteroatoms. The SMILES string of the molecule is Cc1ccc(S(=O)(=O)N2c3ncccc3[C@H](Oc3ccccc3)[C@H]2O)cc1. The molecule has 0 radical (unpaired) electrons. The highest BCUT2D eigenvalue weighted by Gasteiger charge is 2.46. The number of hydrogen-bond acceptors (Lipinski definition) is 5. The van der Waals surface area contributed by atoms with Gasteiger partial charge in [-0.1, -0.05) is 35.9 Å². The number of aliphatic hydroxyl groups is 1. The Kier molecular flexibility index (Phi) is 4.33. The fourth-order valence-electron chi connectivity index (χ4n) is 3.07. The smallest absolute Gasteiger partial charge is 0.267 e. The first-order valence-electron chi connectivity index (χ1n) is 8.44. The molecule has 1 aromatic heterocycles. The van der Waals surface area contributed by atoms with Crippen molar-refractivity contribution in [1.82, 2.24) is 4.98 Å². The Morgan fingerprint density at radius 1 is 1.00 bits per heavy atom. The summed E-state index contributed by atoms with van der Waals surface area (Å²) < 4.78 is 33.2. The van der Waals surface area contributed by atoms with Crippen molar-refractivity contribution >= 4 is 15.8 Å². The number of benzene rings is 2. The molecule has 1 aliphatic heterocycles. The molecule has 0 unspecified atom stereocenters. The van der Waals surface area contributed by atoms with E-state index >= 15 is 0 Å². The summed E-state index contributed by atoms with van der Waals surface area (Å²) in [5.41, 5.74) is 1.46. The minimum Gasteiger partial charge on any atom is -0.481 e. The van der Waals surface area contributed by atoms with Gasteiger partial charge in [-0.15, -0.1) is 0 Å². The first kappa shape index (κ1) is 17.5. The van der Waals surface area contributed by atoms with Crippen molar-refractivity contribution in [1.29, 1.82) is 0 Å². The standard InChI is InChI=1S/C20H18N2O4S/c1-14-9-11-16(12-10-14)27(24,25)22-19-17(8-5-13-21-19)18(20(22)23)26-15-6-3-2-4-7-15/h2-13,18,20,23H,1H3/t18-,20+/m0/s1. The van der Waals surface area contributed by atoms with Crippen molar-refractivity contribution in [2.45, 2.75) is 24.2 Å². The Balaban J connectivity index is 1.77. The van der Waals surface area contributed by atoms with Gasteiger partial charge in [-0.3, -0.25) is 0 Å². The molecule has 2 aromatic carbocycles. The lowest BCUT2D eigenvalue weighted by molar-refractivity contribution is 0.0547. The summed E-state index contributed by atoms with van der Waals surface area (Å²) in [5.74, 6) is 0.706. The summed E-state index contributed by atoms with van der Waals surface area (Å²) in [6, 6.07) is 18.8. The summed E-state index contributed by atoms with van der Waals surface area (Å²) >= 11 is 0. The Bertz CT molecular complexity index is 1050. The molecule has 27 heavy (non-hydrogen) atoms. The molecule has 0 spiro atoms. The lowest BCUT2D eigenvalue weighted by atomic mass is 10.2. The maximum absolute atomic E-state index is 13.2. The molecule has 0 amide bonds. The summed E-state index contributed by atoms with van der Waals surface area (Å²) in [4.78, 5) is 4.29. The van der Waals surface area contributed by atoms with Crippen molar-refractivity contribution in [3.05, 3.63) is 84.1 Å². The topological polar surface area (TPSA) is 79.7 Å². The zero-order valence-electron chi connectivity index (χ0n) is 14.6. The number of para-hydroxylation sites is 1. The Hall–Kier alpha value is -2.90. The molecule has 2 heterocycles. The quantitative estimate of drug-likeness (QED) is 0.750. The van der Waals surface area contributed by atoms with Gasteiger partial charge in [0, 0.05) is 11.8 Å². The van der Waals surface area contributed by atoms with Crippen LogP contribution in [0.1, 0.15) is 17.2 Å². The van der Waals surface area contributed by atoms with Gasteiger partial charge >= 0.3 is 0 Å². The van der Waals surface area contributed by atoms with Crippen LogP contribution in [0.2, 0.25) is 0 Å². The van der Waals surface area contributed by atoms with Gasteiger partial charge in [-0.25, -0.2) is 17.7 Å². The second-order valence-corrected chi connectivity index (χ2v) is 8.11. The van der Waals surface area contributed by atoms with E-state index in [2.05, 4.69) is 4.98 Å². The van der Waals surface area contributed by atoms with Crippen LogP contribution in [0.25, 0.3) is 0 Å². The minimum absolute atomic E-state index is 0.0871. The Morgan fingerprint density at radius 2 is 1.70 bits per heavy atom. The first-order valence-corrected chi connectivity index (χ1v) is 9.88. The molecule has 4 rings (SSSR count). The minimum atomic E-state index is -4.00. The highest BCUT2D eigenvalue weighted by atomic mass is 32.2. The van der Waals surface area contributed by atoms with E-state index in [0.717, 1.165) is 9.87 Å². The summed E-state index contributed by atoms with van der Waals surface area (Å²) in [6.07, 6.45) is -0.813. The normalized spacial score (nSPS) is 19.0. The van der Waals surface area contributed by atoms with Gasteiger partial charge in [0.2, 0.25) is 0 Å². The number of fused-ring (bicyclic) bond motifs is 1. The number of nitrogens with zero attached hydrogens (tertiary/aromatic N) is 2. The average Bonchev–Trinajstić information content (AvgIpc) is 2.95. The Labute approximate surface area is 157 Å². The predicted molar refractivity (Wildman–Crippen MR) is 101 cm³/mol. The number of ether oxygens (including phenoxy) is 1. The van der Waals surface area contributed by atoms with Gasteiger partial charge in [0.1, 0.15) is 5.75 Å². The largest absolute Gasteiger partial charge is 0.481 e. The molecular formula is C20H18N2O4S. The summed E-state index contributed by atoms with van der Waals surface area (Å²) in [5, 5.41) is 10.9. The zero-order chi connectivity index (χ0) is 19.0. The third kappa shape index (κ3) is 3.05. The number of pyridine rings is 1. The Morgan fingerprint density at radius 3 is 2.41 bits per heavy atom. The van der Waals surface area contributed by atoms with Crippen LogP contribution in [0.3, 0.4) is 0 Å². The number of anilines is 1. The molecule has 3 aromatic rings. The van der Waals surface area contributed by atoms with Gasteiger partial charge in [0.25, 0.3) is 10.0 Å². The third-order valence-corrected chi connectivity index (χ3v) is 6.20. The maximum atomic E-state index is 13.2. The average molecular weight is 382 g/mol. The van der Waals surface area contributed by atoms with Crippen LogP contribution >= 0.6 is 0 Å².